The summed E-state index contributed by atoms with van der Waals surface area (Å²) in [5.74, 6) is -0.500. The van der Waals surface area contributed by atoms with Gasteiger partial charge in [0.05, 0.1) is 0 Å². The normalized spacial score (nSPS) is 15.0. The van der Waals surface area contributed by atoms with Crippen LogP contribution in [0.3, 0.4) is 0 Å². The van der Waals surface area contributed by atoms with Crippen molar-refractivity contribution >= 4 is 11.6 Å². The Balaban J connectivity index is 1.49. The highest BCUT2D eigenvalue weighted by Gasteiger charge is 2.21. The van der Waals surface area contributed by atoms with Crippen molar-refractivity contribution in [3.63, 3.8) is 0 Å². The minimum Gasteiger partial charge on any atom is -0.324 e. The quantitative estimate of drug-likeness (QED) is 0.548. The van der Waals surface area contributed by atoms with Gasteiger partial charge in [-0.05, 0) is 66.9 Å². The first-order chi connectivity index (χ1) is 15.2. The number of carbonyl (C=O) groups excluding carboxylic acids is 1. The topological polar surface area (TPSA) is 44.4 Å². The molecule has 0 aromatic heterocycles. The van der Waals surface area contributed by atoms with Gasteiger partial charge in [0.2, 0.25) is 5.91 Å². The molecule has 31 heavy (non-hydrogen) atoms. The molecule has 4 nitrogen and oxygen atoms in total. The SMILES string of the molecule is O=C(Nc1ccc(F)cc1)[C@H](NCc1ccccc1CN1CCCC1)c1ccccc1. The number of benzene rings is 3. The molecule has 1 fully saturated rings. The van der Waals surface area contributed by atoms with Crippen LogP contribution in [0.5, 0.6) is 0 Å². The molecule has 1 amide bonds. The van der Waals surface area contributed by atoms with Gasteiger partial charge in [-0.2, -0.15) is 0 Å². The molecule has 3 aromatic carbocycles. The molecule has 4 rings (SSSR count). The second-order valence-electron chi connectivity index (χ2n) is 7.97. The van der Waals surface area contributed by atoms with Gasteiger partial charge in [-0.1, -0.05) is 54.6 Å². The molecule has 1 aliphatic heterocycles. The zero-order valence-corrected chi connectivity index (χ0v) is 17.6. The van der Waals surface area contributed by atoms with Crippen molar-refractivity contribution in [3.8, 4) is 0 Å². The molecule has 0 spiro atoms. The van der Waals surface area contributed by atoms with E-state index < -0.39 is 6.04 Å². The van der Waals surface area contributed by atoms with E-state index in [1.165, 1.54) is 36.1 Å². The summed E-state index contributed by atoms with van der Waals surface area (Å²) in [4.78, 5) is 15.6. The van der Waals surface area contributed by atoms with Crippen molar-refractivity contribution in [3.05, 3.63) is 101 Å². The van der Waals surface area contributed by atoms with Gasteiger partial charge in [0, 0.05) is 18.8 Å². The maximum atomic E-state index is 13.2. The second-order valence-corrected chi connectivity index (χ2v) is 7.97. The van der Waals surface area contributed by atoms with Gasteiger partial charge >= 0.3 is 0 Å². The predicted molar refractivity (Wildman–Crippen MR) is 122 cm³/mol. The van der Waals surface area contributed by atoms with Crippen molar-refractivity contribution in [2.24, 2.45) is 0 Å². The minimum absolute atomic E-state index is 0.171. The molecule has 160 valence electrons. The molecule has 1 saturated heterocycles. The summed E-state index contributed by atoms with van der Waals surface area (Å²) in [6, 6.07) is 23.4. The fourth-order valence-electron chi connectivity index (χ4n) is 4.03. The highest BCUT2D eigenvalue weighted by Crippen LogP contribution is 2.20. The largest absolute Gasteiger partial charge is 0.324 e. The molecule has 1 aliphatic rings. The Morgan fingerprint density at radius 3 is 2.23 bits per heavy atom. The lowest BCUT2D eigenvalue weighted by Gasteiger charge is -2.21. The molecular formula is C26H28FN3O. The lowest BCUT2D eigenvalue weighted by molar-refractivity contribution is -0.118. The van der Waals surface area contributed by atoms with Gasteiger partial charge < -0.3 is 5.32 Å². The summed E-state index contributed by atoms with van der Waals surface area (Å²) in [5, 5.41) is 6.35. The van der Waals surface area contributed by atoms with Crippen molar-refractivity contribution in [1.82, 2.24) is 10.2 Å². The number of likely N-dealkylation sites (tertiary alicyclic amines) is 1. The van der Waals surface area contributed by atoms with E-state index in [4.69, 9.17) is 0 Å². The van der Waals surface area contributed by atoms with Crippen LogP contribution in [0.1, 0.15) is 35.6 Å². The minimum atomic E-state index is -0.522. The molecular weight excluding hydrogens is 389 g/mol. The van der Waals surface area contributed by atoms with Gasteiger partial charge in [0.1, 0.15) is 11.9 Å². The van der Waals surface area contributed by atoms with Crippen LogP contribution in [0.15, 0.2) is 78.9 Å². The van der Waals surface area contributed by atoms with Crippen LogP contribution in [0.4, 0.5) is 10.1 Å². The summed E-state index contributed by atoms with van der Waals surface area (Å²) >= 11 is 0. The van der Waals surface area contributed by atoms with E-state index in [1.54, 1.807) is 12.1 Å². The summed E-state index contributed by atoms with van der Waals surface area (Å²) in [6.07, 6.45) is 2.53. The Morgan fingerprint density at radius 1 is 0.871 bits per heavy atom. The van der Waals surface area contributed by atoms with Crippen LogP contribution in [-0.2, 0) is 17.9 Å². The van der Waals surface area contributed by atoms with Crippen LogP contribution in [0, 0.1) is 5.82 Å². The van der Waals surface area contributed by atoms with Crippen LogP contribution < -0.4 is 10.6 Å². The Bertz CT molecular complexity index is 985. The standard InChI is InChI=1S/C26H28FN3O/c27-23-12-14-24(15-13-23)29-26(31)25(20-8-2-1-3-9-20)28-18-21-10-4-5-11-22(21)19-30-16-6-7-17-30/h1-5,8-15,25,28H,6-7,16-19H2,(H,29,31)/t25-/m1/s1. The van der Waals surface area contributed by atoms with Gasteiger partial charge in [-0.15, -0.1) is 0 Å². The third kappa shape index (κ3) is 5.78. The summed E-state index contributed by atoms with van der Waals surface area (Å²) < 4.78 is 13.2. The van der Waals surface area contributed by atoms with E-state index in [2.05, 4.69) is 33.7 Å². The van der Waals surface area contributed by atoms with Crippen molar-refractivity contribution < 1.29 is 9.18 Å². The molecule has 5 heteroatoms. The molecule has 0 saturated carbocycles. The Morgan fingerprint density at radius 2 is 1.52 bits per heavy atom. The van der Waals surface area contributed by atoms with Crippen LogP contribution >= 0.6 is 0 Å². The maximum absolute atomic E-state index is 13.2. The van der Waals surface area contributed by atoms with Crippen LogP contribution in [-0.4, -0.2) is 23.9 Å². The van der Waals surface area contributed by atoms with E-state index in [0.29, 0.717) is 12.2 Å². The Kier molecular flexibility index (Phi) is 7.07. The van der Waals surface area contributed by atoms with Gasteiger partial charge in [-0.3, -0.25) is 15.0 Å². The van der Waals surface area contributed by atoms with Crippen LogP contribution in [0.2, 0.25) is 0 Å². The molecule has 0 unspecified atom stereocenters. The van der Waals surface area contributed by atoms with E-state index in [0.717, 1.165) is 25.2 Å². The zero-order chi connectivity index (χ0) is 21.5. The van der Waals surface area contributed by atoms with Crippen molar-refractivity contribution in [1.29, 1.82) is 0 Å². The number of hydrogen-bond acceptors (Lipinski definition) is 3. The highest BCUT2D eigenvalue weighted by atomic mass is 19.1. The first kappa shape index (κ1) is 21.2. The Hall–Kier alpha value is -3.02. The molecule has 0 bridgehead atoms. The lowest BCUT2D eigenvalue weighted by Crippen LogP contribution is -2.33. The number of carbonyl (C=O) groups is 1. The summed E-state index contributed by atoms with van der Waals surface area (Å²) in [6.45, 7) is 3.82. The van der Waals surface area contributed by atoms with Crippen molar-refractivity contribution in [2.45, 2.75) is 32.0 Å². The third-order valence-corrected chi connectivity index (χ3v) is 5.71. The molecule has 0 radical (unpaired) electrons. The maximum Gasteiger partial charge on any atom is 0.246 e. The van der Waals surface area contributed by atoms with E-state index in [-0.39, 0.29) is 11.7 Å². The highest BCUT2D eigenvalue weighted by molar-refractivity contribution is 5.95. The predicted octanol–water partition coefficient (Wildman–Crippen LogP) is 4.89. The third-order valence-electron chi connectivity index (χ3n) is 5.71. The fraction of sp³-hybridized carbons (Fsp3) is 0.269. The molecule has 2 N–H and O–H groups in total. The monoisotopic (exact) mass is 417 g/mol. The number of nitrogens with one attached hydrogen (secondary N) is 2. The number of halogens is 1. The smallest absolute Gasteiger partial charge is 0.246 e. The van der Waals surface area contributed by atoms with E-state index in [9.17, 15) is 9.18 Å². The van der Waals surface area contributed by atoms with Crippen LogP contribution in [0.25, 0.3) is 0 Å². The van der Waals surface area contributed by atoms with E-state index >= 15 is 0 Å². The molecule has 3 aromatic rings. The summed E-state index contributed by atoms with van der Waals surface area (Å²) in [5.41, 5.74) is 3.95. The molecule has 1 heterocycles. The lowest BCUT2D eigenvalue weighted by atomic mass is 10.0. The number of nitrogens with zero attached hydrogens (tertiary/aromatic N) is 1. The van der Waals surface area contributed by atoms with Gasteiger partial charge in [0.25, 0.3) is 0 Å². The molecule has 0 aliphatic carbocycles. The average Bonchev–Trinajstić information content (AvgIpc) is 3.30. The number of amides is 1. The number of anilines is 1. The first-order valence-corrected chi connectivity index (χ1v) is 10.8. The molecule has 1 atom stereocenters. The van der Waals surface area contributed by atoms with Crippen molar-refractivity contribution in [2.75, 3.05) is 18.4 Å². The zero-order valence-electron chi connectivity index (χ0n) is 17.6. The fourth-order valence-corrected chi connectivity index (χ4v) is 4.03. The Labute approximate surface area is 183 Å². The number of rotatable bonds is 8. The van der Waals surface area contributed by atoms with Gasteiger partial charge in [-0.25, -0.2) is 4.39 Å². The van der Waals surface area contributed by atoms with Gasteiger partial charge in [0.15, 0.2) is 0 Å². The number of hydrogen-bond donors (Lipinski definition) is 2. The first-order valence-electron chi connectivity index (χ1n) is 10.8. The second kappa shape index (κ2) is 10.3. The average molecular weight is 418 g/mol. The summed E-state index contributed by atoms with van der Waals surface area (Å²) in [7, 11) is 0. The van der Waals surface area contributed by atoms with E-state index in [1.807, 2.05) is 36.4 Å².